The van der Waals surface area contributed by atoms with Gasteiger partial charge in [-0.15, -0.1) is 0 Å². The monoisotopic (exact) mass is 354 g/mol. The minimum absolute atomic E-state index is 0.242. The maximum atomic E-state index is 11.1. The van der Waals surface area contributed by atoms with Crippen LogP contribution in [0.25, 0.3) is 0 Å². The largest absolute Gasteiger partial charge is 0.284 e. The number of aryl methyl sites for hydroxylation is 1. The zero-order valence-electron chi connectivity index (χ0n) is 9.41. The highest BCUT2D eigenvalue weighted by atomic mass is 127. The molecule has 1 atom stereocenters. The van der Waals surface area contributed by atoms with Crippen LogP contribution in [-0.2, 0) is 10.0 Å². The van der Waals surface area contributed by atoms with Crippen LogP contribution in [0.5, 0.6) is 0 Å². The first kappa shape index (κ1) is 13.7. The van der Waals surface area contributed by atoms with Crippen LogP contribution in [-0.4, -0.2) is 14.7 Å². The van der Waals surface area contributed by atoms with Gasteiger partial charge in [-0.05, 0) is 31.0 Å². The molecule has 1 aromatic carbocycles. The minimum Gasteiger partial charge on any atom is -0.284 e. The number of benzene rings is 1. The highest BCUT2D eigenvalue weighted by Gasteiger charge is 2.08. The van der Waals surface area contributed by atoms with Gasteiger partial charge < -0.3 is 0 Å². The summed E-state index contributed by atoms with van der Waals surface area (Å²) in [6.07, 6.45) is 1.15. The fraction of sp³-hybridized carbons (Fsp3) is 0.400. The lowest BCUT2D eigenvalue weighted by Gasteiger charge is -2.13. The van der Waals surface area contributed by atoms with Crippen LogP contribution in [0.3, 0.4) is 0 Å². The summed E-state index contributed by atoms with van der Waals surface area (Å²) in [7, 11) is -3.21. The number of hydrogen-bond acceptors (Lipinski definition) is 3. The van der Waals surface area contributed by atoms with Crippen LogP contribution in [0.2, 0.25) is 0 Å². The van der Waals surface area contributed by atoms with E-state index in [0.29, 0.717) is 5.69 Å². The smallest absolute Gasteiger partial charge is 0.229 e. The van der Waals surface area contributed by atoms with Gasteiger partial charge in [0, 0.05) is 28.9 Å². The summed E-state index contributed by atoms with van der Waals surface area (Å²) in [5.74, 6) is 0. The molecule has 0 bridgehead atoms. The third kappa shape index (κ3) is 3.91. The Kier molecular flexibility index (Phi) is 4.57. The molecule has 4 nitrogen and oxygen atoms in total. The summed E-state index contributed by atoms with van der Waals surface area (Å²) >= 11 is 2.10. The van der Waals surface area contributed by atoms with Crippen molar-refractivity contribution in [1.82, 2.24) is 3.53 Å². The Labute approximate surface area is 110 Å². The molecule has 0 fully saturated rings. The van der Waals surface area contributed by atoms with Crippen molar-refractivity contribution in [3.05, 3.63) is 29.3 Å². The quantitative estimate of drug-likeness (QED) is 0.645. The molecule has 0 saturated heterocycles. The van der Waals surface area contributed by atoms with Gasteiger partial charge in [0.15, 0.2) is 0 Å². The minimum atomic E-state index is -3.21. The van der Waals surface area contributed by atoms with Gasteiger partial charge in [0.05, 0.1) is 11.9 Å². The van der Waals surface area contributed by atoms with E-state index in [9.17, 15) is 8.42 Å². The Bertz CT molecular complexity index is 474. The molecule has 0 saturated carbocycles. The molecule has 6 heteroatoms. The summed E-state index contributed by atoms with van der Waals surface area (Å²) in [6, 6.07) is 5.92. The third-order valence-electron chi connectivity index (χ3n) is 2.21. The fourth-order valence-corrected chi connectivity index (χ4v) is 2.32. The molecule has 1 aromatic rings. The first-order valence-corrected chi connectivity index (χ1v) is 7.75. The number of rotatable bonds is 4. The topological polar surface area (TPSA) is 58.2 Å². The molecule has 90 valence electrons. The molecular weight excluding hydrogens is 339 g/mol. The normalized spacial score (nSPS) is 13.5. The SMILES string of the molecule is Cc1cc([C@@H](C)NI)ccc1NS(C)(=O)=O. The van der Waals surface area contributed by atoms with Crippen molar-refractivity contribution >= 4 is 38.6 Å². The molecular formula is C10H15IN2O2S. The summed E-state index contributed by atoms with van der Waals surface area (Å²) in [5.41, 5.74) is 2.68. The fourth-order valence-electron chi connectivity index (χ4n) is 1.33. The second kappa shape index (κ2) is 5.33. The zero-order chi connectivity index (χ0) is 12.3. The first-order valence-electron chi connectivity index (χ1n) is 4.78. The summed E-state index contributed by atoms with van der Waals surface area (Å²) in [5, 5.41) is 0. The van der Waals surface area contributed by atoms with Crippen molar-refractivity contribution in [3.8, 4) is 0 Å². The summed E-state index contributed by atoms with van der Waals surface area (Å²) in [6.45, 7) is 3.93. The van der Waals surface area contributed by atoms with E-state index in [0.717, 1.165) is 17.4 Å². The van der Waals surface area contributed by atoms with Crippen molar-refractivity contribution in [2.45, 2.75) is 19.9 Å². The Morgan fingerprint density at radius 2 is 2.00 bits per heavy atom. The number of halogens is 1. The lowest BCUT2D eigenvalue weighted by atomic mass is 10.1. The van der Waals surface area contributed by atoms with E-state index >= 15 is 0 Å². The molecule has 0 aliphatic carbocycles. The van der Waals surface area contributed by atoms with Gasteiger partial charge in [-0.25, -0.2) is 8.42 Å². The van der Waals surface area contributed by atoms with Gasteiger partial charge in [-0.1, -0.05) is 12.1 Å². The molecule has 0 aromatic heterocycles. The number of nitrogens with one attached hydrogen (secondary N) is 2. The number of sulfonamides is 1. The van der Waals surface area contributed by atoms with Gasteiger partial charge in [0.25, 0.3) is 0 Å². The predicted octanol–water partition coefficient (Wildman–Crippen LogP) is 2.37. The summed E-state index contributed by atoms with van der Waals surface area (Å²) < 4.78 is 27.8. The highest BCUT2D eigenvalue weighted by molar-refractivity contribution is 14.1. The van der Waals surface area contributed by atoms with Crippen LogP contribution >= 0.6 is 22.9 Å². The summed E-state index contributed by atoms with van der Waals surface area (Å²) in [4.78, 5) is 0. The molecule has 0 aliphatic rings. The molecule has 0 unspecified atom stereocenters. The average molecular weight is 354 g/mol. The van der Waals surface area contributed by atoms with Crippen LogP contribution in [0.15, 0.2) is 18.2 Å². The van der Waals surface area contributed by atoms with Crippen molar-refractivity contribution in [2.24, 2.45) is 0 Å². The maximum Gasteiger partial charge on any atom is 0.229 e. The lowest BCUT2D eigenvalue weighted by Crippen LogP contribution is -2.11. The van der Waals surface area contributed by atoms with Crippen molar-refractivity contribution in [2.75, 3.05) is 11.0 Å². The Hall–Kier alpha value is -0.340. The van der Waals surface area contributed by atoms with E-state index in [1.807, 2.05) is 26.0 Å². The van der Waals surface area contributed by atoms with Gasteiger partial charge in [-0.3, -0.25) is 8.25 Å². The Balaban J connectivity index is 3.01. The third-order valence-corrected chi connectivity index (χ3v) is 3.73. The number of anilines is 1. The van der Waals surface area contributed by atoms with Crippen LogP contribution in [0, 0.1) is 6.92 Å². The van der Waals surface area contributed by atoms with E-state index in [1.165, 1.54) is 0 Å². The molecule has 0 spiro atoms. The standard InChI is InChI=1S/C10H15IN2O2S/c1-7-6-9(8(2)12-11)4-5-10(7)13-16(3,14)15/h4-6,8,12-13H,1-3H3/t8-/m1/s1. The average Bonchev–Trinajstić information content (AvgIpc) is 2.18. The zero-order valence-corrected chi connectivity index (χ0v) is 12.4. The van der Waals surface area contributed by atoms with E-state index < -0.39 is 10.0 Å². The van der Waals surface area contributed by atoms with Gasteiger partial charge in [-0.2, -0.15) is 0 Å². The first-order chi connectivity index (χ1) is 7.33. The van der Waals surface area contributed by atoms with E-state index in [1.54, 1.807) is 6.07 Å². The van der Waals surface area contributed by atoms with Crippen molar-refractivity contribution < 1.29 is 8.42 Å². The second-order valence-electron chi connectivity index (χ2n) is 3.78. The van der Waals surface area contributed by atoms with E-state index in [-0.39, 0.29) is 6.04 Å². The molecule has 1 rings (SSSR count). The lowest BCUT2D eigenvalue weighted by molar-refractivity contribution is 0.607. The Morgan fingerprint density at radius 3 is 2.44 bits per heavy atom. The highest BCUT2D eigenvalue weighted by Crippen LogP contribution is 2.21. The van der Waals surface area contributed by atoms with Gasteiger partial charge in [0.2, 0.25) is 10.0 Å². The van der Waals surface area contributed by atoms with E-state index in [2.05, 4.69) is 31.1 Å². The molecule has 0 amide bonds. The maximum absolute atomic E-state index is 11.1. The van der Waals surface area contributed by atoms with Crippen LogP contribution in [0.4, 0.5) is 5.69 Å². The molecule has 0 radical (unpaired) electrons. The van der Waals surface area contributed by atoms with Crippen LogP contribution < -0.4 is 8.25 Å². The van der Waals surface area contributed by atoms with Crippen LogP contribution in [0.1, 0.15) is 24.1 Å². The van der Waals surface area contributed by atoms with Gasteiger partial charge >= 0.3 is 0 Å². The van der Waals surface area contributed by atoms with E-state index in [4.69, 9.17) is 0 Å². The molecule has 0 heterocycles. The van der Waals surface area contributed by atoms with Crippen molar-refractivity contribution in [1.29, 1.82) is 0 Å². The predicted molar refractivity (Wildman–Crippen MR) is 75.2 cm³/mol. The second-order valence-corrected chi connectivity index (χ2v) is 6.15. The van der Waals surface area contributed by atoms with Gasteiger partial charge in [0.1, 0.15) is 0 Å². The number of hydrogen-bond donors (Lipinski definition) is 2. The Morgan fingerprint density at radius 1 is 1.38 bits per heavy atom. The van der Waals surface area contributed by atoms with Crippen molar-refractivity contribution in [3.63, 3.8) is 0 Å². The molecule has 2 N–H and O–H groups in total. The molecule has 16 heavy (non-hydrogen) atoms. The molecule has 0 aliphatic heterocycles.